The fourth-order valence-corrected chi connectivity index (χ4v) is 1.20. The highest BCUT2D eigenvalue weighted by molar-refractivity contribution is 5.70. The number of carboxylic acid groups (broad SMARTS) is 1. The molecule has 0 radical (unpaired) electrons. The van der Waals surface area contributed by atoms with Gasteiger partial charge in [0.2, 0.25) is 0 Å². The summed E-state index contributed by atoms with van der Waals surface area (Å²) in [6, 6.07) is 5.01. The molecule has 0 amide bonds. The summed E-state index contributed by atoms with van der Waals surface area (Å²) in [4.78, 5) is 21.1. The van der Waals surface area contributed by atoms with Gasteiger partial charge in [-0.15, -0.1) is 5.10 Å². The normalized spacial score (nSPS) is 10.0. The van der Waals surface area contributed by atoms with Crippen molar-refractivity contribution >= 4 is 5.97 Å². The van der Waals surface area contributed by atoms with Crippen molar-refractivity contribution in [1.82, 2.24) is 14.9 Å². The van der Waals surface area contributed by atoms with Crippen molar-refractivity contribution in [2.75, 3.05) is 0 Å². The van der Waals surface area contributed by atoms with Gasteiger partial charge in [-0.05, 0) is 12.1 Å². The smallest absolute Gasteiger partial charge is 0.308 e. The van der Waals surface area contributed by atoms with E-state index in [2.05, 4.69) is 10.1 Å². The number of hydrogen-bond acceptors (Lipinski definition) is 4. The molecule has 0 atom stereocenters. The number of rotatable bonds is 4. The van der Waals surface area contributed by atoms with Crippen LogP contribution in [0.4, 0.5) is 0 Å². The molecule has 0 aliphatic rings. The Morgan fingerprint density at radius 3 is 3.00 bits per heavy atom. The molecule has 0 bridgehead atoms. The molecule has 0 aliphatic heterocycles. The van der Waals surface area contributed by atoms with Gasteiger partial charge in [0.25, 0.3) is 5.88 Å². The molecule has 6 heteroatoms. The Morgan fingerprint density at radius 1 is 1.44 bits per heavy atom. The average Bonchev–Trinajstić information content (AvgIpc) is 2.73. The number of aromatic nitrogens is 3. The van der Waals surface area contributed by atoms with E-state index in [4.69, 9.17) is 9.94 Å². The minimum absolute atomic E-state index is 0.134. The fraction of sp³-hybridized carbons (Fsp3) is 0.100. The SMILES string of the molecule is O=C(O)Cc1cccnc1On1cccn1. The Bertz CT molecular complexity index is 482. The standard InChI is InChI=1S/C10H9N3O3/c14-9(15)7-8-3-1-4-11-10(8)16-13-6-2-5-12-13/h1-6H,7H2,(H,14,15). The topological polar surface area (TPSA) is 77.2 Å². The van der Waals surface area contributed by atoms with Crippen molar-refractivity contribution in [3.63, 3.8) is 0 Å². The summed E-state index contributed by atoms with van der Waals surface area (Å²) in [5.41, 5.74) is 0.505. The molecule has 2 heterocycles. The monoisotopic (exact) mass is 219 g/mol. The molecular weight excluding hydrogens is 210 g/mol. The van der Waals surface area contributed by atoms with Crippen molar-refractivity contribution in [3.05, 3.63) is 42.4 Å². The lowest BCUT2D eigenvalue weighted by molar-refractivity contribution is -0.136. The highest BCUT2D eigenvalue weighted by atomic mass is 16.7. The van der Waals surface area contributed by atoms with E-state index in [-0.39, 0.29) is 12.3 Å². The zero-order valence-electron chi connectivity index (χ0n) is 8.28. The molecule has 2 rings (SSSR count). The molecule has 2 aromatic heterocycles. The summed E-state index contributed by atoms with van der Waals surface area (Å²) < 4.78 is 0. The van der Waals surface area contributed by atoms with Crippen molar-refractivity contribution in [2.45, 2.75) is 6.42 Å². The van der Waals surface area contributed by atoms with Crippen molar-refractivity contribution in [1.29, 1.82) is 0 Å². The van der Waals surface area contributed by atoms with Gasteiger partial charge in [-0.3, -0.25) is 4.79 Å². The van der Waals surface area contributed by atoms with E-state index in [1.165, 1.54) is 11.0 Å². The van der Waals surface area contributed by atoms with E-state index in [1.54, 1.807) is 30.6 Å². The minimum Gasteiger partial charge on any atom is -0.481 e. The Morgan fingerprint density at radius 2 is 2.31 bits per heavy atom. The maximum absolute atomic E-state index is 10.6. The molecule has 0 saturated carbocycles. The molecular formula is C10H9N3O3. The number of pyridine rings is 1. The summed E-state index contributed by atoms with van der Waals surface area (Å²) in [6.07, 6.45) is 4.55. The van der Waals surface area contributed by atoms with Crippen molar-refractivity contribution in [3.8, 4) is 5.88 Å². The quantitative estimate of drug-likeness (QED) is 0.820. The first-order valence-corrected chi connectivity index (χ1v) is 4.59. The van der Waals surface area contributed by atoms with Gasteiger partial charge in [0.1, 0.15) is 0 Å². The van der Waals surface area contributed by atoms with Gasteiger partial charge in [0.15, 0.2) is 0 Å². The van der Waals surface area contributed by atoms with E-state index in [0.29, 0.717) is 5.56 Å². The first-order valence-electron chi connectivity index (χ1n) is 4.59. The first kappa shape index (κ1) is 10.2. The van der Waals surface area contributed by atoms with Crippen LogP contribution < -0.4 is 4.84 Å². The predicted octanol–water partition coefficient (Wildman–Crippen LogP) is 0.747. The molecule has 82 valence electrons. The summed E-state index contributed by atoms with van der Waals surface area (Å²) in [5, 5.41) is 12.6. The summed E-state index contributed by atoms with van der Waals surface area (Å²) >= 11 is 0. The maximum Gasteiger partial charge on any atom is 0.308 e. The largest absolute Gasteiger partial charge is 0.481 e. The van der Waals surface area contributed by atoms with E-state index < -0.39 is 5.97 Å². The second-order valence-corrected chi connectivity index (χ2v) is 3.04. The molecule has 0 spiro atoms. The summed E-state index contributed by atoms with van der Waals surface area (Å²) in [5.74, 6) is -0.688. The van der Waals surface area contributed by atoms with Crippen LogP contribution in [0.3, 0.4) is 0 Å². The van der Waals surface area contributed by atoms with Gasteiger partial charge in [-0.2, -0.15) is 0 Å². The lowest BCUT2D eigenvalue weighted by atomic mass is 10.2. The van der Waals surface area contributed by atoms with Gasteiger partial charge >= 0.3 is 5.97 Å². The van der Waals surface area contributed by atoms with Crippen LogP contribution in [0.2, 0.25) is 0 Å². The highest BCUT2D eigenvalue weighted by Gasteiger charge is 2.09. The fourth-order valence-electron chi connectivity index (χ4n) is 1.20. The summed E-state index contributed by atoms with van der Waals surface area (Å²) in [7, 11) is 0. The lowest BCUT2D eigenvalue weighted by Crippen LogP contribution is -2.10. The Balaban J connectivity index is 2.22. The van der Waals surface area contributed by atoms with Crippen LogP contribution in [0.25, 0.3) is 0 Å². The van der Waals surface area contributed by atoms with E-state index in [0.717, 1.165) is 0 Å². The lowest BCUT2D eigenvalue weighted by Gasteiger charge is -2.06. The van der Waals surface area contributed by atoms with Gasteiger partial charge in [-0.25, -0.2) is 4.98 Å². The van der Waals surface area contributed by atoms with Crippen LogP contribution in [0.5, 0.6) is 5.88 Å². The minimum atomic E-state index is -0.932. The van der Waals surface area contributed by atoms with Crippen LogP contribution in [0, 0.1) is 0 Å². The van der Waals surface area contributed by atoms with Crippen LogP contribution >= 0.6 is 0 Å². The Kier molecular flexibility index (Phi) is 2.81. The molecule has 0 fully saturated rings. The van der Waals surface area contributed by atoms with Crippen LogP contribution in [-0.4, -0.2) is 26.0 Å². The first-order chi connectivity index (χ1) is 7.75. The predicted molar refractivity (Wildman–Crippen MR) is 53.8 cm³/mol. The van der Waals surface area contributed by atoms with E-state index >= 15 is 0 Å². The second-order valence-electron chi connectivity index (χ2n) is 3.04. The highest BCUT2D eigenvalue weighted by Crippen LogP contribution is 2.15. The van der Waals surface area contributed by atoms with Gasteiger partial charge in [0, 0.05) is 11.8 Å². The molecule has 16 heavy (non-hydrogen) atoms. The van der Waals surface area contributed by atoms with Crippen LogP contribution in [0.1, 0.15) is 5.56 Å². The van der Waals surface area contributed by atoms with Crippen LogP contribution in [-0.2, 0) is 11.2 Å². The molecule has 0 aliphatic carbocycles. The van der Waals surface area contributed by atoms with Gasteiger partial charge < -0.3 is 9.94 Å². The number of hydrogen-bond donors (Lipinski definition) is 1. The van der Waals surface area contributed by atoms with Crippen molar-refractivity contribution in [2.24, 2.45) is 0 Å². The molecule has 1 N–H and O–H groups in total. The molecule has 2 aromatic rings. The Hall–Kier alpha value is -2.37. The molecule has 0 unspecified atom stereocenters. The third kappa shape index (κ3) is 2.35. The zero-order valence-corrected chi connectivity index (χ0v) is 8.28. The molecule has 0 aromatic carbocycles. The van der Waals surface area contributed by atoms with Gasteiger partial charge in [0.05, 0.1) is 18.8 Å². The number of nitrogens with zero attached hydrogens (tertiary/aromatic N) is 3. The summed E-state index contributed by atoms with van der Waals surface area (Å²) in [6.45, 7) is 0. The number of carbonyl (C=O) groups is 1. The molecule has 0 saturated heterocycles. The number of carboxylic acids is 1. The van der Waals surface area contributed by atoms with E-state index in [9.17, 15) is 4.79 Å². The second kappa shape index (κ2) is 4.43. The van der Waals surface area contributed by atoms with E-state index in [1.807, 2.05) is 0 Å². The molecule has 6 nitrogen and oxygen atoms in total. The average molecular weight is 219 g/mol. The van der Waals surface area contributed by atoms with Crippen molar-refractivity contribution < 1.29 is 14.7 Å². The Labute approximate surface area is 91.1 Å². The third-order valence-corrected chi connectivity index (χ3v) is 1.85. The third-order valence-electron chi connectivity index (χ3n) is 1.85. The maximum atomic E-state index is 10.6. The van der Waals surface area contributed by atoms with Crippen LogP contribution in [0.15, 0.2) is 36.8 Å². The zero-order chi connectivity index (χ0) is 11.4. The van der Waals surface area contributed by atoms with Gasteiger partial charge in [-0.1, -0.05) is 10.9 Å². The number of aliphatic carboxylic acids is 1.